The van der Waals surface area contributed by atoms with E-state index in [1.165, 1.54) is 6.92 Å². The normalized spacial score (nSPS) is 11.6. The first-order chi connectivity index (χ1) is 11.6. The predicted molar refractivity (Wildman–Crippen MR) is 90.9 cm³/mol. The van der Waals surface area contributed by atoms with E-state index in [4.69, 9.17) is 9.47 Å². The maximum atomic E-state index is 12.0. The van der Waals surface area contributed by atoms with Crippen LogP contribution in [0.2, 0.25) is 0 Å². The lowest BCUT2D eigenvalue weighted by Crippen LogP contribution is -2.16. The van der Waals surface area contributed by atoms with E-state index >= 15 is 0 Å². The lowest BCUT2D eigenvalue weighted by atomic mass is 10.1. The second-order valence-electron chi connectivity index (χ2n) is 5.31. The molecular weight excluding hydrogens is 306 g/mol. The summed E-state index contributed by atoms with van der Waals surface area (Å²) >= 11 is 0. The summed E-state index contributed by atoms with van der Waals surface area (Å²) in [6.45, 7) is 2.12. The van der Waals surface area contributed by atoms with Crippen molar-refractivity contribution in [2.75, 3.05) is 13.6 Å². The van der Waals surface area contributed by atoms with Crippen molar-refractivity contribution in [3.63, 3.8) is 0 Å². The summed E-state index contributed by atoms with van der Waals surface area (Å²) in [6, 6.07) is 15.8. The lowest BCUT2D eigenvalue weighted by Gasteiger charge is -2.17. The van der Waals surface area contributed by atoms with Crippen LogP contribution in [0, 0.1) is 0 Å². The minimum Gasteiger partial charge on any atom is -0.458 e. The van der Waals surface area contributed by atoms with Crippen LogP contribution in [0.25, 0.3) is 0 Å². The Morgan fingerprint density at radius 2 is 1.71 bits per heavy atom. The summed E-state index contributed by atoms with van der Waals surface area (Å²) in [6.07, 6.45) is 0.341. The molecule has 0 bridgehead atoms. The molecule has 5 heteroatoms. The van der Waals surface area contributed by atoms with Crippen LogP contribution in [0.15, 0.2) is 54.6 Å². The first-order valence-electron chi connectivity index (χ1n) is 7.79. The molecule has 0 saturated heterocycles. The molecule has 2 rings (SSSR count). The number of hydrogen-bond acceptors (Lipinski definition) is 5. The number of nitrogens with one attached hydrogen (secondary N) is 1. The average Bonchev–Trinajstić information content (AvgIpc) is 2.60. The van der Waals surface area contributed by atoms with Crippen molar-refractivity contribution in [1.29, 1.82) is 0 Å². The van der Waals surface area contributed by atoms with Crippen LogP contribution in [0.4, 0.5) is 0 Å². The van der Waals surface area contributed by atoms with Gasteiger partial charge in [0.15, 0.2) is 0 Å². The highest BCUT2D eigenvalue weighted by atomic mass is 16.5. The number of hydrogen-bond donors (Lipinski definition) is 1. The van der Waals surface area contributed by atoms with Gasteiger partial charge in [-0.05, 0) is 43.4 Å². The third-order valence-electron chi connectivity index (χ3n) is 3.44. The van der Waals surface area contributed by atoms with Gasteiger partial charge in [-0.15, -0.1) is 0 Å². The Hall–Kier alpha value is -2.66. The van der Waals surface area contributed by atoms with E-state index in [1.54, 1.807) is 48.5 Å². The van der Waals surface area contributed by atoms with Crippen LogP contribution in [0.1, 0.15) is 35.4 Å². The van der Waals surface area contributed by atoms with Gasteiger partial charge in [0.2, 0.25) is 0 Å². The minimum absolute atomic E-state index is 0.323. The monoisotopic (exact) mass is 327 g/mol. The zero-order chi connectivity index (χ0) is 17.4. The molecule has 0 spiro atoms. The minimum atomic E-state index is -0.407. The molecule has 1 unspecified atom stereocenters. The predicted octanol–water partition coefficient (Wildman–Crippen LogP) is 3.12. The summed E-state index contributed by atoms with van der Waals surface area (Å²) in [4.78, 5) is 23.3. The molecule has 1 atom stereocenters. The zero-order valence-electron chi connectivity index (χ0n) is 13.8. The average molecular weight is 327 g/mol. The van der Waals surface area contributed by atoms with Gasteiger partial charge in [-0.3, -0.25) is 4.79 Å². The fourth-order valence-corrected chi connectivity index (χ4v) is 2.26. The van der Waals surface area contributed by atoms with Crippen molar-refractivity contribution in [3.8, 4) is 5.75 Å². The van der Waals surface area contributed by atoms with Crippen LogP contribution < -0.4 is 10.1 Å². The molecule has 126 valence electrons. The topological polar surface area (TPSA) is 64.6 Å². The maximum absolute atomic E-state index is 12.0. The van der Waals surface area contributed by atoms with Crippen LogP contribution in [0.3, 0.4) is 0 Å². The SMILES string of the molecule is CNCCC(OC(C)=O)c1ccc(OC(=O)c2ccccc2)cc1. The van der Waals surface area contributed by atoms with Crippen LogP contribution >= 0.6 is 0 Å². The van der Waals surface area contributed by atoms with Crippen molar-refractivity contribution < 1.29 is 19.1 Å². The molecule has 2 aromatic carbocycles. The molecule has 24 heavy (non-hydrogen) atoms. The van der Waals surface area contributed by atoms with Gasteiger partial charge in [0.25, 0.3) is 0 Å². The van der Waals surface area contributed by atoms with Crippen LogP contribution in [0.5, 0.6) is 5.75 Å². The van der Waals surface area contributed by atoms with E-state index in [0.717, 1.165) is 12.1 Å². The standard InChI is InChI=1S/C19H21NO4/c1-14(21)23-18(12-13-20-2)15-8-10-17(11-9-15)24-19(22)16-6-4-3-5-7-16/h3-11,18,20H,12-13H2,1-2H3. The number of carbonyl (C=O) groups is 2. The molecule has 0 aliphatic rings. The molecule has 0 saturated carbocycles. The van der Waals surface area contributed by atoms with Crippen molar-refractivity contribution in [2.24, 2.45) is 0 Å². The molecule has 0 aliphatic carbocycles. The molecule has 5 nitrogen and oxygen atoms in total. The number of esters is 2. The largest absolute Gasteiger partial charge is 0.458 e. The Bertz CT molecular complexity index is 668. The molecule has 0 amide bonds. The van der Waals surface area contributed by atoms with E-state index in [1.807, 2.05) is 13.1 Å². The van der Waals surface area contributed by atoms with Gasteiger partial charge in [0, 0.05) is 13.3 Å². The van der Waals surface area contributed by atoms with Crippen molar-refractivity contribution >= 4 is 11.9 Å². The van der Waals surface area contributed by atoms with E-state index < -0.39 is 5.97 Å². The molecule has 0 aliphatic heterocycles. The maximum Gasteiger partial charge on any atom is 0.343 e. The van der Waals surface area contributed by atoms with Crippen molar-refractivity contribution in [1.82, 2.24) is 5.32 Å². The van der Waals surface area contributed by atoms with Gasteiger partial charge < -0.3 is 14.8 Å². The van der Waals surface area contributed by atoms with E-state index in [9.17, 15) is 9.59 Å². The van der Waals surface area contributed by atoms with Crippen molar-refractivity contribution in [2.45, 2.75) is 19.4 Å². The molecule has 0 heterocycles. The second kappa shape index (κ2) is 8.84. The summed E-state index contributed by atoms with van der Waals surface area (Å²) in [7, 11) is 1.84. The van der Waals surface area contributed by atoms with Gasteiger partial charge in [0.05, 0.1) is 5.56 Å². The lowest BCUT2D eigenvalue weighted by molar-refractivity contribution is -0.147. The third kappa shape index (κ3) is 5.21. The number of benzene rings is 2. The molecule has 0 radical (unpaired) electrons. The number of ether oxygens (including phenoxy) is 2. The highest BCUT2D eigenvalue weighted by Crippen LogP contribution is 2.24. The Morgan fingerprint density at radius 3 is 2.29 bits per heavy atom. The third-order valence-corrected chi connectivity index (χ3v) is 3.44. The smallest absolute Gasteiger partial charge is 0.343 e. The molecule has 2 aromatic rings. The molecule has 0 aromatic heterocycles. The Labute approximate surface area is 141 Å². The van der Waals surface area contributed by atoms with Gasteiger partial charge in [-0.25, -0.2) is 4.79 Å². The van der Waals surface area contributed by atoms with E-state index in [0.29, 0.717) is 17.7 Å². The fraction of sp³-hybridized carbons (Fsp3) is 0.263. The van der Waals surface area contributed by atoms with Gasteiger partial charge in [-0.2, -0.15) is 0 Å². The van der Waals surface area contributed by atoms with E-state index in [-0.39, 0.29) is 12.1 Å². The summed E-state index contributed by atoms with van der Waals surface area (Å²) < 4.78 is 10.7. The number of carbonyl (C=O) groups excluding carboxylic acids is 2. The molecule has 0 fully saturated rings. The van der Waals surface area contributed by atoms with Gasteiger partial charge >= 0.3 is 11.9 Å². The molecule has 1 N–H and O–H groups in total. The summed E-state index contributed by atoms with van der Waals surface area (Å²) in [5.74, 6) is -0.284. The van der Waals surface area contributed by atoms with Crippen LogP contribution in [-0.2, 0) is 9.53 Å². The zero-order valence-corrected chi connectivity index (χ0v) is 13.8. The first kappa shape index (κ1) is 17.7. The Morgan fingerprint density at radius 1 is 1.04 bits per heavy atom. The highest BCUT2D eigenvalue weighted by Gasteiger charge is 2.15. The Kier molecular flexibility index (Phi) is 6.51. The quantitative estimate of drug-likeness (QED) is 0.625. The molecular formula is C19H21NO4. The van der Waals surface area contributed by atoms with Crippen LogP contribution in [-0.4, -0.2) is 25.5 Å². The summed E-state index contributed by atoms with van der Waals surface area (Å²) in [5.41, 5.74) is 1.35. The Balaban J connectivity index is 2.05. The van der Waals surface area contributed by atoms with E-state index in [2.05, 4.69) is 5.32 Å². The summed E-state index contributed by atoms with van der Waals surface area (Å²) in [5, 5.41) is 3.04. The number of rotatable bonds is 7. The highest BCUT2D eigenvalue weighted by molar-refractivity contribution is 5.90. The fourth-order valence-electron chi connectivity index (χ4n) is 2.26. The second-order valence-corrected chi connectivity index (χ2v) is 5.31. The van der Waals surface area contributed by atoms with Crippen molar-refractivity contribution in [3.05, 3.63) is 65.7 Å². The van der Waals surface area contributed by atoms with Gasteiger partial charge in [-0.1, -0.05) is 30.3 Å². The van der Waals surface area contributed by atoms with Gasteiger partial charge in [0.1, 0.15) is 11.9 Å². The first-order valence-corrected chi connectivity index (χ1v) is 7.79.